The molecule has 0 saturated carbocycles. The molecule has 0 aromatic heterocycles. The van der Waals surface area contributed by atoms with Crippen LogP contribution in [0.3, 0.4) is 0 Å². The van der Waals surface area contributed by atoms with E-state index in [1.54, 1.807) is 4.58 Å². The minimum absolute atomic E-state index is 0.0215. The number of carbonyl (C=O) groups is 1. The second kappa shape index (κ2) is 7.97. The van der Waals surface area contributed by atoms with Gasteiger partial charge in [0.05, 0.1) is 13.1 Å². The Labute approximate surface area is 163 Å². The Morgan fingerprint density at radius 1 is 1.36 bits per heavy atom. The number of aliphatic hydroxyl groups is 2. The molecule has 13 N–H and O–H groups in total. The summed E-state index contributed by atoms with van der Waals surface area (Å²) in [6.07, 6.45) is 3.67. The molecule has 158 valence electrons. The first-order valence-electron chi connectivity index (χ1n) is 9.80. The van der Waals surface area contributed by atoms with E-state index in [1.807, 2.05) is 0 Å². The molecular weight excluding hydrogens is 368 g/mol. The third-order valence-electron chi connectivity index (χ3n) is 5.67. The first-order valence-corrected chi connectivity index (χ1v) is 9.80. The minimum atomic E-state index is -2.06. The number of hydrogen-bond acceptors (Lipinski definition) is 8. The van der Waals surface area contributed by atoms with Crippen LogP contribution in [-0.4, -0.2) is 82.6 Å². The van der Waals surface area contributed by atoms with E-state index in [4.69, 9.17) is 16.2 Å². The average molecular weight is 401 g/mol. The highest BCUT2D eigenvalue weighted by Gasteiger charge is 2.74. The van der Waals surface area contributed by atoms with E-state index in [-0.39, 0.29) is 24.9 Å². The molecule has 12 heteroatoms. The van der Waals surface area contributed by atoms with Crippen molar-refractivity contribution in [2.45, 2.75) is 55.6 Å². The van der Waals surface area contributed by atoms with Gasteiger partial charge in [-0.1, -0.05) is 6.42 Å². The number of nitrogens with one attached hydrogen (secondary N) is 4. The van der Waals surface area contributed by atoms with Crippen molar-refractivity contribution in [1.29, 1.82) is 0 Å². The lowest BCUT2D eigenvalue weighted by molar-refractivity contribution is -0.674. The van der Waals surface area contributed by atoms with Crippen LogP contribution in [0.2, 0.25) is 0 Å². The fourth-order valence-corrected chi connectivity index (χ4v) is 4.28. The fourth-order valence-electron chi connectivity index (χ4n) is 4.28. The largest absolute Gasteiger partial charge is 0.446 e. The van der Waals surface area contributed by atoms with Crippen molar-refractivity contribution < 1.29 is 35.0 Å². The molecule has 3 heterocycles. The van der Waals surface area contributed by atoms with Gasteiger partial charge in [0.25, 0.3) is 5.66 Å². The van der Waals surface area contributed by atoms with Crippen LogP contribution in [0.15, 0.2) is 0 Å². The summed E-state index contributed by atoms with van der Waals surface area (Å²) in [6.45, 7) is 1.79. The molecule has 28 heavy (non-hydrogen) atoms. The van der Waals surface area contributed by atoms with Crippen LogP contribution in [0.25, 0.3) is 0 Å². The highest BCUT2D eigenvalue weighted by molar-refractivity contribution is 5.78. The van der Waals surface area contributed by atoms with Gasteiger partial charge in [-0.2, -0.15) is 0 Å². The molecule has 0 bridgehead atoms. The van der Waals surface area contributed by atoms with Gasteiger partial charge in [-0.25, -0.2) is 14.7 Å². The van der Waals surface area contributed by atoms with Crippen molar-refractivity contribution in [2.75, 3.05) is 26.2 Å². The number of unbranched alkanes of at least 4 members (excludes halogenated alkanes) is 3. The van der Waals surface area contributed by atoms with Crippen LogP contribution in [0.5, 0.6) is 0 Å². The quantitative estimate of drug-likeness (QED) is 0.109. The average Bonchev–Trinajstić information content (AvgIpc) is 3.13. The molecule has 1 spiro atoms. The summed E-state index contributed by atoms with van der Waals surface area (Å²) >= 11 is 0. The molecule has 3 aliphatic rings. The number of nitrogens with zero attached hydrogens (tertiary/aromatic N) is 1. The van der Waals surface area contributed by atoms with Gasteiger partial charge in [-0.05, 0) is 19.3 Å². The summed E-state index contributed by atoms with van der Waals surface area (Å²) in [5.41, 5.74) is 14.5. The predicted molar refractivity (Wildman–Crippen MR) is 98.4 cm³/mol. The molecule has 0 aromatic carbocycles. The van der Waals surface area contributed by atoms with Crippen LogP contribution >= 0.6 is 0 Å². The van der Waals surface area contributed by atoms with Crippen LogP contribution in [0, 0.1) is 0 Å². The van der Waals surface area contributed by atoms with Gasteiger partial charge >= 0.3 is 18.0 Å². The minimum Gasteiger partial charge on any atom is -0.446 e. The zero-order valence-corrected chi connectivity index (χ0v) is 16.0. The van der Waals surface area contributed by atoms with E-state index in [1.165, 1.54) is 0 Å². The molecule has 3 atom stereocenters. The van der Waals surface area contributed by atoms with Crippen molar-refractivity contribution >= 4 is 18.0 Å². The highest BCUT2D eigenvalue weighted by atomic mass is 16.5. The van der Waals surface area contributed by atoms with E-state index in [0.29, 0.717) is 13.1 Å². The second-order valence-corrected chi connectivity index (χ2v) is 7.57. The Morgan fingerprint density at radius 2 is 2.11 bits per heavy atom. The Hall–Kier alpha value is -2.31. The summed E-state index contributed by atoms with van der Waals surface area (Å²) in [4.78, 5) is 15.0. The normalized spacial score (nSPS) is 30.0. The number of alkyl carbamates (subject to hydrolysis) is 1. The first-order chi connectivity index (χ1) is 13.3. The van der Waals surface area contributed by atoms with Crippen LogP contribution in [0.1, 0.15) is 32.1 Å². The SMILES string of the molecule is NC1=[NH+][C@H]2C(COC(=O)NCCCCCC[NH3+])NC(N)=[N+]3CCC(O)(O)[C@]23N1. The van der Waals surface area contributed by atoms with Crippen molar-refractivity contribution in [3.05, 3.63) is 0 Å². The number of ether oxygens (including phenoxy) is 1. The van der Waals surface area contributed by atoms with E-state index in [0.717, 1.165) is 32.2 Å². The third kappa shape index (κ3) is 3.54. The molecule has 0 radical (unpaired) electrons. The summed E-state index contributed by atoms with van der Waals surface area (Å²) in [6, 6.07) is -1.09. The molecule has 0 aliphatic carbocycles. The van der Waals surface area contributed by atoms with Gasteiger partial charge < -0.3 is 26.0 Å². The number of amides is 1. The number of hydrogen-bond donors (Lipinski definition) is 9. The Morgan fingerprint density at radius 3 is 2.86 bits per heavy atom. The van der Waals surface area contributed by atoms with Gasteiger partial charge in [0.2, 0.25) is 5.79 Å². The molecule has 1 saturated heterocycles. The summed E-state index contributed by atoms with van der Waals surface area (Å²) in [7, 11) is 0. The van der Waals surface area contributed by atoms with Crippen molar-refractivity contribution in [3.63, 3.8) is 0 Å². The van der Waals surface area contributed by atoms with Crippen LogP contribution in [-0.2, 0) is 4.74 Å². The van der Waals surface area contributed by atoms with Gasteiger partial charge in [0.15, 0.2) is 6.04 Å². The Kier molecular flexibility index (Phi) is 5.82. The molecular formula is C16H33N8O4+3. The predicted octanol–water partition coefficient (Wildman–Crippen LogP) is -6.04. The molecule has 0 aromatic rings. The molecule has 12 nitrogen and oxygen atoms in total. The zero-order chi connectivity index (χ0) is 20.4. The molecule has 3 aliphatic heterocycles. The van der Waals surface area contributed by atoms with Crippen molar-refractivity contribution in [1.82, 2.24) is 16.0 Å². The van der Waals surface area contributed by atoms with Gasteiger partial charge in [-0.3, -0.25) is 21.8 Å². The van der Waals surface area contributed by atoms with Gasteiger partial charge in [0.1, 0.15) is 12.6 Å². The van der Waals surface area contributed by atoms with Crippen molar-refractivity contribution in [3.8, 4) is 0 Å². The van der Waals surface area contributed by atoms with Crippen LogP contribution < -0.4 is 38.1 Å². The standard InChI is InChI=1S/C16H30N8O4/c17-6-3-1-2-4-7-20-14(25)28-9-10-11-16(23-12(18)22-11)15(26,27)5-8-24(16)13(19)21-10/h10-11,26-27H,1-9,17H2,(H6,18,19,20,21,22,23,25)/p+3/t10?,11-,16-/m0/s1. The van der Waals surface area contributed by atoms with Crippen molar-refractivity contribution in [2.24, 2.45) is 11.5 Å². The Balaban J connectivity index is 1.58. The monoisotopic (exact) mass is 401 g/mol. The van der Waals surface area contributed by atoms with E-state index < -0.39 is 29.6 Å². The molecule has 3 rings (SSSR count). The highest BCUT2D eigenvalue weighted by Crippen LogP contribution is 2.36. The molecule has 1 fully saturated rings. The van der Waals surface area contributed by atoms with E-state index in [2.05, 4.69) is 26.7 Å². The number of rotatable bonds is 8. The number of carbonyl (C=O) groups excluding carboxylic acids is 1. The third-order valence-corrected chi connectivity index (χ3v) is 5.67. The van der Waals surface area contributed by atoms with Gasteiger partial charge in [-0.15, -0.1) is 0 Å². The molecule has 1 unspecified atom stereocenters. The fraction of sp³-hybridized carbons (Fsp3) is 0.812. The Bertz CT molecular complexity index is 667. The maximum atomic E-state index is 12.0. The topological polar surface area (TPSA) is 200 Å². The maximum absolute atomic E-state index is 12.0. The van der Waals surface area contributed by atoms with Gasteiger partial charge in [0, 0.05) is 13.0 Å². The van der Waals surface area contributed by atoms with E-state index >= 15 is 0 Å². The number of quaternary nitrogens is 1. The maximum Gasteiger partial charge on any atom is 0.407 e. The van der Waals surface area contributed by atoms with Crippen LogP contribution in [0.4, 0.5) is 4.79 Å². The molecule has 1 amide bonds. The number of guanidine groups is 2. The number of nitrogens with two attached hydrogens (primary N) is 2. The lowest BCUT2D eigenvalue weighted by Crippen LogP contribution is -2.91. The smallest absolute Gasteiger partial charge is 0.407 e. The lowest BCUT2D eigenvalue weighted by atomic mass is 9.87. The van der Waals surface area contributed by atoms with E-state index in [9.17, 15) is 15.0 Å². The first kappa shape index (κ1) is 20.4. The summed E-state index contributed by atoms with van der Waals surface area (Å²) < 4.78 is 6.97. The summed E-state index contributed by atoms with van der Waals surface area (Å²) in [5.74, 6) is -1.59. The second-order valence-electron chi connectivity index (χ2n) is 7.57. The summed E-state index contributed by atoms with van der Waals surface area (Å²) in [5, 5.41) is 29.9. The lowest BCUT2D eigenvalue weighted by Gasteiger charge is -2.40. The zero-order valence-electron chi connectivity index (χ0n) is 16.0.